The van der Waals surface area contributed by atoms with Gasteiger partial charge in [-0.3, -0.25) is 14.4 Å². The van der Waals surface area contributed by atoms with E-state index in [2.05, 4.69) is 106 Å². The van der Waals surface area contributed by atoms with Gasteiger partial charge in [-0.15, -0.1) is 0 Å². The monoisotopic (exact) mass is 1100 g/mol. The van der Waals surface area contributed by atoms with Crippen molar-refractivity contribution in [3.05, 3.63) is 85.1 Å². The Morgan fingerprint density at radius 1 is 0.266 bits per heavy atom. The number of unbranched alkanes of at least 4 members (excludes halogenated alkanes) is 37. The van der Waals surface area contributed by atoms with Gasteiger partial charge in [0.25, 0.3) is 0 Å². The number of rotatable bonds is 62. The van der Waals surface area contributed by atoms with Gasteiger partial charge in [0.05, 0.1) is 0 Å². The second-order valence-electron chi connectivity index (χ2n) is 22.7. The van der Waals surface area contributed by atoms with Crippen LogP contribution >= 0.6 is 0 Å². The first-order valence-electron chi connectivity index (χ1n) is 34.1. The number of carbonyl (C=O) groups is 3. The predicted molar refractivity (Wildman–Crippen MR) is 344 cm³/mol. The summed E-state index contributed by atoms with van der Waals surface area (Å²) >= 11 is 0. The minimum Gasteiger partial charge on any atom is -0.462 e. The molecule has 0 radical (unpaired) electrons. The number of carbonyl (C=O) groups excluding carboxylic acids is 3. The van der Waals surface area contributed by atoms with E-state index in [1.807, 2.05) is 0 Å². The van der Waals surface area contributed by atoms with Crippen LogP contribution < -0.4 is 0 Å². The Balaban J connectivity index is 4.36. The number of hydrogen-bond donors (Lipinski definition) is 0. The first-order valence-corrected chi connectivity index (χ1v) is 34.1. The summed E-state index contributed by atoms with van der Waals surface area (Å²) in [6, 6.07) is 0. The van der Waals surface area contributed by atoms with Crippen molar-refractivity contribution in [1.29, 1.82) is 0 Å². The molecule has 0 rings (SSSR count). The molecule has 6 nitrogen and oxygen atoms in total. The molecular formula is C73H128O6. The van der Waals surface area contributed by atoms with Crippen LogP contribution in [0.15, 0.2) is 85.1 Å². The summed E-state index contributed by atoms with van der Waals surface area (Å²) in [5.41, 5.74) is 0. The molecule has 1 unspecified atom stereocenters. The van der Waals surface area contributed by atoms with Gasteiger partial charge in [-0.05, 0) is 96.3 Å². The lowest BCUT2D eigenvalue weighted by molar-refractivity contribution is -0.167. The number of allylic oxidation sites excluding steroid dienone is 14. The Morgan fingerprint density at radius 3 is 0.797 bits per heavy atom. The zero-order chi connectivity index (χ0) is 57.1. The maximum absolute atomic E-state index is 12.9. The smallest absolute Gasteiger partial charge is 0.306 e. The lowest BCUT2D eigenvalue weighted by Crippen LogP contribution is -2.30. The van der Waals surface area contributed by atoms with Gasteiger partial charge in [-0.25, -0.2) is 0 Å². The van der Waals surface area contributed by atoms with Crippen molar-refractivity contribution in [3.63, 3.8) is 0 Å². The van der Waals surface area contributed by atoms with E-state index in [4.69, 9.17) is 14.2 Å². The van der Waals surface area contributed by atoms with Crippen molar-refractivity contribution >= 4 is 17.9 Å². The molecule has 0 heterocycles. The quantitative estimate of drug-likeness (QED) is 0.0261. The topological polar surface area (TPSA) is 78.9 Å². The van der Waals surface area contributed by atoms with E-state index in [0.717, 1.165) is 109 Å². The second kappa shape index (κ2) is 67.1. The van der Waals surface area contributed by atoms with Crippen molar-refractivity contribution < 1.29 is 28.6 Å². The molecule has 0 bridgehead atoms. The molecule has 0 saturated heterocycles. The van der Waals surface area contributed by atoms with E-state index in [1.54, 1.807) is 0 Å². The van der Waals surface area contributed by atoms with Gasteiger partial charge in [0, 0.05) is 19.3 Å². The van der Waals surface area contributed by atoms with Crippen LogP contribution in [0.5, 0.6) is 0 Å². The fourth-order valence-corrected chi connectivity index (χ4v) is 9.80. The average molecular weight is 1100 g/mol. The van der Waals surface area contributed by atoms with Gasteiger partial charge < -0.3 is 14.2 Å². The molecule has 0 aromatic rings. The summed E-state index contributed by atoms with van der Waals surface area (Å²) < 4.78 is 17.0. The summed E-state index contributed by atoms with van der Waals surface area (Å²) in [5, 5.41) is 0. The highest BCUT2D eigenvalue weighted by Gasteiger charge is 2.19. The van der Waals surface area contributed by atoms with Crippen LogP contribution in [0.25, 0.3) is 0 Å². The highest BCUT2D eigenvalue weighted by Crippen LogP contribution is 2.17. The molecule has 0 aliphatic carbocycles. The molecule has 0 aromatic heterocycles. The second-order valence-corrected chi connectivity index (χ2v) is 22.7. The fraction of sp³-hybridized carbons (Fsp3) is 0.767. The molecule has 79 heavy (non-hydrogen) atoms. The summed E-state index contributed by atoms with van der Waals surface area (Å²) in [6.45, 7) is 6.54. The van der Waals surface area contributed by atoms with Crippen LogP contribution in [0.1, 0.15) is 342 Å². The normalized spacial score (nSPS) is 12.6. The summed E-state index contributed by atoms with van der Waals surface area (Å²) in [7, 11) is 0. The zero-order valence-corrected chi connectivity index (χ0v) is 52.4. The summed E-state index contributed by atoms with van der Waals surface area (Å²) in [4.78, 5) is 38.4. The molecule has 0 fully saturated rings. The molecule has 0 N–H and O–H groups in total. The minimum absolute atomic E-state index is 0.0792. The maximum Gasteiger partial charge on any atom is 0.306 e. The van der Waals surface area contributed by atoms with Crippen LogP contribution in [0.3, 0.4) is 0 Å². The highest BCUT2D eigenvalue weighted by atomic mass is 16.6. The van der Waals surface area contributed by atoms with E-state index in [1.165, 1.54) is 193 Å². The van der Waals surface area contributed by atoms with Crippen LogP contribution in [0, 0.1) is 0 Å². The van der Waals surface area contributed by atoms with Gasteiger partial charge >= 0.3 is 17.9 Å². The molecular weight excluding hydrogens is 973 g/mol. The van der Waals surface area contributed by atoms with Gasteiger partial charge in [-0.2, -0.15) is 0 Å². The first-order chi connectivity index (χ1) is 39.0. The van der Waals surface area contributed by atoms with Crippen LogP contribution in [-0.4, -0.2) is 37.2 Å². The Bertz CT molecular complexity index is 1500. The van der Waals surface area contributed by atoms with Gasteiger partial charge in [0.1, 0.15) is 13.2 Å². The van der Waals surface area contributed by atoms with E-state index in [0.29, 0.717) is 19.3 Å². The predicted octanol–water partition coefficient (Wildman–Crippen LogP) is 23.4. The number of hydrogen-bond acceptors (Lipinski definition) is 6. The summed E-state index contributed by atoms with van der Waals surface area (Å²) in [5.74, 6) is -0.873. The van der Waals surface area contributed by atoms with E-state index >= 15 is 0 Å². The Labute approximate surface area is 490 Å². The van der Waals surface area contributed by atoms with Crippen LogP contribution in [-0.2, 0) is 28.6 Å². The molecule has 0 aromatic carbocycles. The van der Waals surface area contributed by atoms with Crippen molar-refractivity contribution in [2.45, 2.75) is 348 Å². The van der Waals surface area contributed by atoms with E-state index in [9.17, 15) is 14.4 Å². The minimum atomic E-state index is -0.783. The molecule has 0 aliphatic heterocycles. The molecule has 6 heteroatoms. The van der Waals surface area contributed by atoms with Crippen molar-refractivity contribution in [3.8, 4) is 0 Å². The third kappa shape index (κ3) is 65.3. The van der Waals surface area contributed by atoms with E-state index < -0.39 is 6.10 Å². The number of esters is 3. The third-order valence-corrected chi connectivity index (χ3v) is 14.9. The summed E-state index contributed by atoms with van der Waals surface area (Å²) in [6.07, 6.45) is 88.7. The van der Waals surface area contributed by atoms with Gasteiger partial charge in [0.15, 0.2) is 6.10 Å². The largest absolute Gasteiger partial charge is 0.462 e. The Hall–Kier alpha value is -3.41. The Kier molecular flexibility index (Phi) is 64.2. The SMILES string of the molecule is CC/C=C\C/C=C\C/C=C\C/C=C\C/C=C\CCCCCCCCCCCC(=O)OCC(COC(=O)CCCCCCCCC/C=C\C/C=C\CCCCC)OC(=O)CCCCCCCCCCCCCCCCCCCCC. The van der Waals surface area contributed by atoms with Gasteiger partial charge in [0.2, 0.25) is 0 Å². The average Bonchev–Trinajstić information content (AvgIpc) is 3.45. The molecule has 1 atom stereocenters. The molecule has 0 amide bonds. The number of ether oxygens (including phenoxy) is 3. The fourth-order valence-electron chi connectivity index (χ4n) is 9.80. The van der Waals surface area contributed by atoms with Crippen molar-refractivity contribution in [2.75, 3.05) is 13.2 Å². The van der Waals surface area contributed by atoms with Gasteiger partial charge in [-0.1, -0.05) is 311 Å². The zero-order valence-electron chi connectivity index (χ0n) is 52.4. The maximum atomic E-state index is 12.9. The Morgan fingerprint density at radius 2 is 0.494 bits per heavy atom. The lowest BCUT2D eigenvalue weighted by atomic mass is 10.0. The van der Waals surface area contributed by atoms with E-state index in [-0.39, 0.29) is 31.1 Å². The van der Waals surface area contributed by atoms with Crippen LogP contribution in [0.4, 0.5) is 0 Å². The third-order valence-electron chi connectivity index (χ3n) is 14.9. The first kappa shape index (κ1) is 75.6. The standard InChI is InChI=1S/C73H128O6/c1-4-7-10-13-16-19-22-25-28-31-33-34-35-36-37-38-40-42-45-48-51-54-57-60-63-66-72(75)78-69-70(68-77-71(74)65-62-59-56-53-50-47-44-41-30-27-24-21-18-15-12-9-6-3)79-73(76)67-64-61-58-55-52-49-46-43-39-32-29-26-23-20-17-14-11-8-5-2/h7,10,16,18-19,21,25,27-28,30,33-34,36-37,70H,4-6,8-9,11-15,17,20,22-24,26,29,31-32,35,38-69H2,1-3H3/b10-7-,19-16-,21-18-,28-25-,30-27-,34-33-,37-36-. The lowest BCUT2D eigenvalue weighted by Gasteiger charge is -2.18. The van der Waals surface area contributed by atoms with Crippen molar-refractivity contribution in [1.82, 2.24) is 0 Å². The van der Waals surface area contributed by atoms with Crippen LogP contribution in [0.2, 0.25) is 0 Å². The molecule has 0 spiro atoms. The molecule has 0 saturated carbocycles. The highest BCUT2D eigenvalue weighted by molar-refractivity contribution is 5.71. The van der Waals surface area contributed by atoms with Crippen molar-refractivity contribution in [2.24, 2.45) is 0 Å². The molecule has 0 aliphatic rings. The molecule has 456 valence electrons.